The summed E-state index contributed by atoms with van der Waals surface area (Å²) in [5.74, 6) is 0. The maximum Gasteiger partial charge on any atom is 0.416 e. The quantitative estimate of drug-likeness (QED) is 0.286. The molecule has 2 amide bonds. The summed E-state index contributed by atoms with van der Waals surface area (Å²) in [5, 5.41) is 0.529. The molecule has 5 aromatic rings. The summed E-state index contributed by atoms with van der Waals surface area (Å²) in [5.41, 5.74) is 4.57. The Morgan fingerprint density at radius 3 is 2.56 bits per heavy atom. The van der Waals surface area contributed by atoms with Gasteiger partial charge in [-0.2, -0.15) is 13.2 Å². The van der Waals surface area contributed by atoms with E-state index in [9.17, 15) is 18.0 Å². The number of imidazole rings is 1. The zero-order valence-electron chi connectivity index (χ0n) is 21.2. The number of carbonyl (C=O) groups excluding carboxylic acids is 1. The highest BCUT2D eigenvalue weighted by atomic mass is 19.4. The van der Waals surface area contributed by atoms with E-state index in [0.29, 0.717) is 37.1 Å². The predicted molar refractivity (Wildman–Crippen MR) is 142 cm³/mol. The van der Waals surface area contributed by atoms with Crippen LogP contribution in [0.15, 0.2) is 61.3 Å². The molecule has 0 spiro atoms. The lowest BCUT2D eigenvalue weighted by Gasteiger charge is -2.32. The van der Waals surface area contributed by atoms with Crippen LogP contribution in [0, 0.1) is 0 Å². The molecule has 6 heterocycles. The molecule has 1 N–H and O–H groups in total. The molecule has 10 heteroatoms. The summed E-state index contributed by atoms with van der Waals surface area (Å²) in [6.07, 6.45) is 7.82. The van der Waals surface area contributed by atoms with E-state index in [-0.39, 0.29) is 12.6 Å². The number of nitrogens with one attached hydrogen (secondary N) is 1. The van der Waals surface area contributed by atoms with Crippen molar-refractivity contribution in [2.45, 2.75) is 38.5 Å². The summed E-state index contributed by atoms with van der Waals surface area (Å²) >= 11 is 0. The Kier molecular flexibility index (Phi) is 5.47. The van der Waals surface area contributed by atoms with Crippen molar-refractivity contribution in [2.75, 3.05) is 19.6 Å². The van der Waals surface area contributed by atoms with E-state index in [0.717, 1.165) is 52.8 Å². The lowest BCUT2D eigenvalue weighted by atomic mass is 9.98. The summed E-state index contributed by atoms with van der Waals surface area (Å²) in [6.45, 7) is 2.48. The first-order valence-corrected chi connectivity index (χ1v) is 13.2. The third-order valence-electron chi connectivity index (χ3n) is 7.98. The van der Waals surface area contributed by atoms with E-state index in [4.69, 9.17) is 0 Å². The summed E-state index contributed by atoms with van der Waals surface area (Å²) in [4.78, 5) is 24.5. The zero-order valence-corrected chi connectivity index (χ0v) is 21.2. The van der Waals surface area contributed by atoms with Gasteiger partial charge in [-0.05, 0) is 49.1 Å². The average Bonchev–Trinajstić information content (AvgIpc) is 3.64. The average molecular weight is 533 g/mol. The molecule has 200 valence electrons. The number of urea groups is 1. The van der Waals surface area contributed by atoms with Gasteiger partial charge in [0, 0.05) is 79.6 Å². The van der Waals surface area contributed by atoms with Gasteiger partial charge in [-0.3, -0.25) is 4.40 Å². The lowest BCUT2D eigenvalue weighted by molar-refractivity contribution is -0.137. The number of pyridine rings is 1. The molecule has 2 aliphatic rings. The molecule has 39 heavy (non-hydrogen) atoms. The molecular formula is C29H27F3N6O. The molecule has 1 aromatic carbocycles. The van der Waals surface area contributed by atoms with Gasteiger partial charge in [0.25, 0.3) is 0 Å². The molecule has 0 unspecified atom stereocenters. The summed E-state index contributed by atoms with van der Waals surface area (Å²) in [6, 6.07) is 8.11. The molecular weight excluding hydrogens is 505 g/mol. The van der Waals surface area contributed by atoms with Crippen LogP contribution in [0.1, 0.15) is 30.4 Å². The fourth-order valence-electron chi connectivity index (χ4n) is 6.10. The van der Waals surface area contributed by atoms with Crippen LogP contribution in [-0.2, 0) is 19.3 Å². The van der Waals surface area contributed by atoms with E-state index < -0.39 is 11.7 Å². The second-order valence-electron chi connectivity index (χ2n) is 10.4. The first-order chi connectivity index (χ1) is 18.9. The first-order valence-electron chi connectivity index (χ1n) is 13.2. The van der Waals surface area contributed by atoms with Gasteiger partial charge in [0.15, 0.2) is 0 Å². The minimum Gasteiger partial charge on any atom is -0.366 e. The normalized spacial score (nSPS) is 16.3. The molecule has 7 nitrogen and oxygen atoms in total. The topological polar surface area (TPSA) is 61.6 Å². The van der Waals surface area contributed by atoms with Gasteiger partial charge >= 0.3 is 12.2 Å². The van der Waals surface area contributed by atoms with Crippen molar-refractivity contribution in [3.8, 4) is 22.4 Å². The minimum absolute atomic E-state index is 0.0910. The molecule has 7 rings (SSSR count). The van der Waals surface area contributed by atoms with Crippen molar-refractivity contribution in [1.29, 1.82) is 0 Å². The largest absolute Gasteiger partial charge is 0.416 e. The van der Waals surface area contributed by atoms with Gasteiger partial charge in [0.1, 0.15) is 5.65 Å². The second-order valence-corrected chi connectivity index (χ2v) is 10.4. The number of halogens is 3. The van der Waals surface area contributed by atoms with Crippen LogP contribution in [0.25, 0.3) is 38.9 Å². The molecule has 0 saturated carbocycles. The number of piperidine rings is 1. The third kappa shape index (κ3) is 3.97. The van der Waals surface area contributed by atoms with Crippen LogP contribution in [-0.4, -0.2) is 54.4 Å². The van der Waals surface area contributed by atoms with Gasteiger partial charge in [-0.1, -0.05) is 6.07 Å². The minimum atomic E-state index is -4.51. The summed E-state index contributed by atoms with van der Waals surface area (Å²) in [7, 11) is 0. The van der Waals surface area contributed by atoms with Crippen molar-refractivity contribution in [3.05, 3.63) is 72.4 Å². The number of aromatic amines is 1. The number of likely N-dealkylation sites (tertiary alicyclic amines) is 1. The van der Waals surface area contributed by atoms with Crippen LogP contribution in [0.3, 0.4) is 0 Å². The van der Waals surface area contributed by atoms with E-state index in [2.05, 4.69) is 9.97 Å². The fraction of sp³-hybridized carbons (Fsp3) is 0.310. The number of carbonyl (C=O) groups is 1. The van der Waals surface area contributed by atoms with E-state index in [1.54, 1.807) is 11.1 Å². The number of alkyl halides is 3. The molecule has 1 saturated heterocycles. The smallest absolute Gasteiger partial charge is 0.366 e. The van der Waals surface area contributed by atoms with Gasteiger partial charge in [0.05, 0.1) is 23.0 Å². The number of rotatable bonds is 2. The Labute approximate surface area is 222 Å². The Hall–Kier alpha value is -4.21. The van der Waals surface area contributed by atoms with Gasteiger partial charge < -0.3 is 19.4 Å². The number of amides is 2. The molecule has 1 fully saturated rings. The number of hydrogen-bond donors (Lipinski definition) is 1. The maximum absolute atomic E-state index is 14.1. The van der Waals surface area contributed by atoms with Crippen molar-refractivity contribution in [2.24, 2.45) is 0 Å². The predicted octanol–water partition coefficient (Wildman–Crippen LogP) is 6.39. The standard InChI is InChI=1S/C29H27F3N6O/c30-29(31,32)20-12-19-17-37(28(39)35-7-3-1-4-8-35)11-10-36-18-24(21(13-20)27(19)36)22-14-33-15-23(22)25-16-34-26-6-2-5-9-38(25)26/h2,5-6,9,12-16,18,33H,1,3-4,7-8,10-11,17H2. The van der Waals surface area contributed by atoms with Crippen molar-refractivity contribution >= 4 is 22.6 Å². The lowest BCUT2D eigenvalue weighted by Crippen LogP contribution is -2.45. The Balaban J connectivity index is 1.37. The van der Waals surface area contributed by atoms with E-state index >= 15 is 0 Å². The Morgan fingerprint density at radius 1 is 0.923 bits per heavy atom. The molecule has 0 atom stereocenters. The van der Waals surface area contributed by atoms with Crippen LogP contribution in [0.4, 0.5) is 18.0 Å². The molecule has 2 aliphatic heterocycles. The molecule has 0 aliphatic carbocycles. The van der Waals surface area contributed by atoms with Gasteiger partial charge in [0.2, 0.25) is 0 Å². The van der Waals surface area contributed by atoms with Crippen LogP contribution < -0.4 is 0 Å². The highest BCUT2D eigenvalue weighted by Crippen LogP contribution is 2.42. The Bertz CT molecular complexity index is 1710. The summed E-state index contributed by atoms with van der Waals surface area (Å²) < 4.78 is 46.4. The monoisotopic (exact) mass is 532 g/mol. The highest BCUT2D eigenvalue weighted by Gasteiger charge is 2.34. The van der Waals surface area contributed by atoms with Crippen LogP contribution in [0.2, 0.25) is 0 Å². The number of H-pyrrole nitrogens is 1. The number of fused-ring (bicyclic) bond motifs is 1. The number of nitrogens with zero attached hydrogens (tertiary/aromatic N) is 5. The Morgan fingerprint density at radius 2 is 1.74 bits per heavy atom. The second kappa shape index (κ2) is 8.93. The molecule has 0 radical (unpaired) electrons. The highest BCUT2D eigenvalue weighted by molar-refractivity contribution is 6.01. The zero-order chi connectivity index (χ0) is 26.7. The number of benzene rings is 1. The third-order valence-corrected chi connectivity index (χ3v) is 7.98. The van der Waals surface area contributed by atoms with Crippen LogP contribution >= 0.6 is 0 Å². The van der Waals surface area contributed by atoms with E-state index in [1.165, 1.54) is 12.1 Å². The number of aromatic nitrogens is 4. The van der Waals surface area contributed by atoms with Gasteiger partial charge in [-0.25, -0.2) is 9.78 Å². The number of hydrogen-bond acceptors (Lipinski definition) is 2. The van der Waals surface area contributed by atoms with Crippen molar-refractivity contribution in [3.63, 3.8) is 0 Å². The van der Waals surface area contributed by atoms with Crippen molar-refractivity contribution in [1.82, 2.24) is 28.7 Å². The van der Waals surface area contributed by atoms with Crippen molar-refractivity contribution < 1.29 is 18.0 Å². The molecule has 0 bridgehead atoms. The van der Waals surface area contributed by atoms with Gasteiger partial charge in [-0.15, -0.1) is 0 Å². The maximum atomic E-state index is 14.1. The first kappa shape index (κ1) is 23.9. The molecule has 4 aromatic heterocycles. The fourth-order valence-corrected chi connectivity index (χ4v) is 6.10. The SMILES string of the molecule is O=C(N1CCCCC1)N1CCn2cc(-c3c[nH]cc3-c3cnc4ccccn34)c3cc(C(F)(F)F)cc(c32)C1. The van der Waals surface area contributed by atoms with Crippen LogP contribution in [0.5, 0.6) is 0 Å². The van der Waals surface area contributed by atoms with E-state index in [1.807, 2.05) is 56.9 Å².